The molecule has 0 unspecified atom stereocenters. The summed E-state index contributed by atoms with van der Waals surface area (Å²) in [4.78, 5) is 22.0. The maximum absolute atomic E-state index is 11.4. The number of thiol groups is 1. The number of carbonyl (C=O) groups is 2. The van der Waals surface area contributed by atoms with Crippen molar-refractivity contribution in [3.05, 3.63) is 0 Å². The first-order valence-corrected chi connectivity index (χ1v) is 6.38. The van der Waals surface area contributed by atoms with Crippen LogP contribution in [0.5, 0.6) is 0 Å². The van der Waals surface area contributed by atoms with Gasteiger partial charge in [-0.1, -0.05) is 19.8 Å². The van der Waals surface area contributed by atoms with E-state index in [1.165, 1.54) is 0 Å². The molecule has 0 aliphatic heterocycles. The van der Waals surface area contributed by atoms with Gasteiger partial charge in [-0.2, -0.15) is 12.6 Å². The van der Waals surface area contributed by atoms with Crippen molar-refractivity contribution in [2.75, 3.05) is 5.75 Å². The van der Waals surface area contributed by atoms with Gasteiger partial charge in [-0.3, -0.25) is 4.79 Å². The summed E-state index contributed by atoms with van der Waals surface area (Å²) in [6.45, 7) is 1.74. The number of nitrogens with one attached hydrogen (secondary N) is 1. The highest BCUT2D eigenvalue weighted by Crippen LogP contribution is 2.04. The Kier molecular flexibility index (Phi) is 9.09. The molecule has 0 heterocycles. The molecule has 0 aliphatic rings. The van der Waals surface area contributed by atoms with Crippen molar-refractivity contribution < 1.29 is 14.7 Å². The lowest BCUT2D eigenvalue weighted by atomic mass is 10.1. The highest BCUT2D eigenvalue weighted by Gasteiger charge is 2.16. The molecule has 0 rings (SSSR count). The van der Waals surface area contributed by atoms with Crippen LogP contribution < -0.4 is 5.32 Å². The second-order valence-corrected chi connectivity index (χ2v) is 4.20. The van der Waals surface area contributed by atoms with Gasteiger partial charge in [0.15, 0.2) is 0 Å². The highest BCUT2D eigenvalue weighted by molar-refractivity contribution is 7.80. The van der Waals surface area contributed by atoms with E-state index in [2.05, 4.69) is 17.9 Å². The molecule has 0 saturated heterocycles. The second-order valence-electron chi connectivity index (χ2n) is 3.75. The molecule has 5 heteroatoms. The summed E-state index contributed by atoms with van der Waals surface area (Å²) in [7, 11) is 0. The van der Waals surface area contributed by atoms with E-state index in [4.69, 9.17) is 5.11 Å². The molecule has 0 aromatic rings. The summed E-state index contributed by atoms with van der Waals surface area (Å²) in [5, 5.41) is 11.2. The maximum atomic E-state index is 11.4. The van der Waals surface area contributed by atoms with Crippen LogP contribution in [-0.4, -0.2) is 28.8 Å². The Balaban J connectivity index is 3.61. The molecule has 4 nitrogen and oxygen atoms in total. The summed E-state index contributed by atoms with van der Waals surface area (Å²) in [5.41, 5.74) is 0. The van der Waals surface area contributed by atoms with E-state index in [1.54, 1.807) is 6.92 Å². The first-order chi connectivity index (χ1) is 7.61. The van der Waals surface area contributed by atoms with Crippen LogP contribution >= 0.6 is 12.6 Å². The minimum atomic E-state index is -0.967. The van der Waals surface area contributed by atoms with Crippen LogP contribution in [0.25, 0.3) is 0 Å². The fourth-order valence-electron chi connectivity index (χ4n) is 1.36. The molecule has 0 fully saturated rings. The quantitative estimate of drug-likeness (QED) is 0.430. The Morgan fingerprint density at radius 1 is 1.25 bits per heavy atom. The molecular formula is C11H21NO3S. The van der Waals surface area contributed by atoms with Gasteiger partial charge >= 0.3 is 5.97 Å². The van der Waals surface area contributed by atoms with Gasteiger partial charge in [0.2, 0.25) is 5.91 Å². The van der Waals surface area contributed by atoms with Gasteiger partial charge in [0.25, 0.3) is 0 Å². The Labute approximate surface area is 102 Å². The Bertz CT molecular complexity index is 221. The third-order valence-electron chi connectivity index (χ3n) is 2.35. The van der Waals surface area contributed by atoms with Crippen LogP contribution in [0.3, 0.4) is 0 Å². The predicted molar refractivity (Wildman–Crippen MR) is 66.8 cm³/mol. The van der Waals surface area contributed by atoms with Crippen molar-refractivity contribution in [1.82, 2.24) is 5.32 Å². The van der Waals surface area contributed by atoms with Gasteiger partial charge in [-0.15, -0.1) is 0 Å². The summed E-state index contributed by atoms with van der Waals surface area (Å²) < 4.78 is 0. The number of carboxylic acids is 1. The van der Waals surface area contributed by atoms with Crippen molar-refractivity contribution in [2.24, 2.45) is 0 Å². The second kappa shape index (κ2) is 9.51. The van der Waals surface area contributed by atoms with Gasteiger partial charge < -0.3 is 10.4 Å². The molecule has 2 N–H and O–H groups in total. The molecule has 0 saturated carbocycles. The third kappa shape index (κ3) is 7.56. The first kappa shape index (κ1) is 15.3. The summed E-state index contributed by atoms with van der Waals surface area (Å²) in [6, 6.07) is -0.745. The molecule has 94 valence electrons. The van der Waals surface area contributed by atoms with Crippen LogP contribution in [0.4, 0.5) is 0 Å². The van der Waals surface area contributed by atoms with Gasteiger partial charge in [0.1, 0.15) is 6.04 Å². The lowest BCUT2D eigenvalue weighted by molar-refractivity contribution is -0.141. The largest absolute Gasteiger partial charge is 0.480 e. The molecule has 1 atom stereocenters. The van der Waals surface area contributed by atoms with E-state index < -0.39 is 12.0 Å². The summed E-state index contributed by atoms with van der Waals surface area (Å²) in [6.07, 6.45) is 4.79. The predicted octanol–water partition coefficient (Wildman–Crippen LogP) is 1.85. The van der Waals surface area contributed by atoms with E-state index in [0.29, 0.717) is 12.8 Å². The summed E-state index contributed by atoms with van der Waals surface area (Å²) >= 11 is 4.10. The van der Waals surface area contributed by atoms with E-state index >= 15 is 0 Å². The smallest absolute Gasteiger partial charge is 0.326 e. The lowest BCUT2D eigenvalue weighted by Gasteiger charge is -2.11. The molecule has 0 aromatic carbocycles. The number of aliphatic carboxylic acids is 1. The van der Waals surface area contributed by atoms with Crippen LogP contribution in [-0.2, 0) is 9.59 Å². The van der Waals surface area contributed by atoms with Crippen LogP contribution in [0.1, 0.15) is 45.4 Å². The van der Waals surface area contributed by atoms with Crippen LogP contribution in [0, 0.1) is 0 Å². The molecule has 0 aliphatic carbocycles. The average molecular weight is 247 g/mol. The average Bonchev–Trinajstić information content (AvgIpc) is 2.25. The zero-order chi connectivity index (χ0) is 12.4. The fourth-order valence-corrected chi connectivity index (χ4v) is 1.58. The molecule has 0 bridgehead atoms. The minimum Gasteiger partial charge on any atom is -0.480 e. The lowest BCUT2D eigenvalue weighted by Crippen LogP contribution is -2.40. The number of amides is 1. The SMILES string of the molecule is CC[C@H](NC(=O)CCCCCCS)C(=O)O. The molecule has 0 spiro atoms. The monoisotopic (exact) mass is 247 g/mol. The number of carboxylic acid groups (broad SMARTS) is 1. The number of rotatable bonds is 9. The number of hydrogen-bond donors (Lipinski definition) is 3. The van der Waals surface area contributed by atoms with E-state index in [0.717, 1.165) is 31.4 Å². The zero-order valence-electron chi connectivity index (χ0n) is 9.74. The van der Waals surface area contributed by atoms with Gasteiger partial charge in [-0.25, -0.2) is 4.79 Å². The number of carbonyl (C=O) groups excluding carboxylic acids is 1. The zero-order valence-corrected chi connectivity index (χ0v) is 10.6. The third-order valence-corrected chi connectivity index (χ3v) is 2.67. The Hall–Kier alpha value is -0.710. The molecule has 0 aromatic heterocycles. The van der Waals surface area contributed by atoms with Crippen molar-refractivity contribution >= 4 is 24.5 Å². The molecule has 16 heavy (non-hydrogen) atoms. The van der Waals surface area contributed by atoms with Crippen LogP contribution in [0.15, 0.2) is 0 Å². The topological polar surface area (TPSA) is 66.4 Å². The van der Waals surface area contributed by atoms with Crippen molar-refractivity contribution in [2.45, 2.75) is 51.5 Å². The molecule has 0 radical (unpaired) electrons. The molecule has 1 amide bonds. The Morgan fingerprint density at radius 2 is 1.88 bits per heavy atom. The van der Waals surface area contributed by atoms with Crippen molar-refractivity contribution in [1.29, 1.82) is 0 Å². The highest BCUT2D eigenvalue weighted by atomic mass is 32.1. The Morgan fingerprint density at radius 3 is 2.38 bits per heavy atom. The van der Waals surface area contributed by atoms with E-state index in [9.17, 15) is 9.59 Å². The van der Waals surface area contributed by atoms with Gasteiger partial charge in [0, 0.05) is 6.42 Å². The van der Waals surface area contributed by atoms with Crippen molar-refractivity contribution in [3.63, 3.8) is 0 Å². The standard InChI is InChI=1S/C11H21NO3S/c1-2-9(11(14)15)12-10(13)7-5-3-4-6-8-16/h9,16H,2-8H2,1H3,(H,12,13)(H,14,15)/t9-/m0/s1. The van der Waals surface area contributed by atoms with E-state index in [-0.39, 0.29) is 5.91 Å². The van der Waals surface area contributed by atoms with Crippen molar-refractivity contribution in [3.8, 4) is 0 Å². The summed E-state index contributed by atoms with van der Waals surface area (Å²) in [5.74, 6) is -0.255. The minimum absolute atomic E-state index is 0.167. The molecular weight excluding hydrogens is 226 g/mol. The fraction of sp³-hybridized carbons (Fsp3) is 0.818. The number of hydrogen-bond acceptors (Lipinski definition) is 3. The van der Waals surface area contributed by atoms with E-state index in [1.807, 2.05) is 0 Å². The number of unbranched alkanes of at least 4 members (excludes halogenated alkanes) is 3. The maximum Gasteiger partial charge on any atom is 0.326 e. The van der Waals surface area contributed by atoms with Crippen LogP contribution in [0.2, 0.25) is 0 Å². The van der Waals surface area contributed by atoms with Gasteiger partial charge in [0.05, 0.1) is 0 Å². The first-order valence-electron chi connectivity index (χ1n) is 5.74. The van der Waals surface area contributed by atoms with Gasteiger partial charge in [-0.05, 0) is 25.0 Å². The normalized spacial score (nSPS) is 12.1.